The third-order valence-corrected chi connectivity index (χ3v) is 5.78. The molecule has 1 fully saturated rings. The molecule has 1 aliphatic heterocycles. The van der Waals surface area contributed by atoms with Crippen molar-refractivity contribution in [1.29, 1.82) is 0 Å². The van der Waals surface area contributed by atoms with Gasteiger partial charge in [0, 0.05) is 45.0 Å². The zero-order chi connectivity index (χ0) is 21.5. The second kappa shape index (κ2) is 10.8. The number of ether oxygens (including phenoxy) is 2. The molecule has 0 aliphatic carbocycles. The van der Waals surface area contributed by atoms with Crippen molar-refractivity contribution < 1.29 is 14.3 Å². The molecule has 0 aromatic heterocycles. The molecule has 2 aromatic carbocycles. The van der Waals surface area contributed by atoms with Crippen LogP contribution in [0, 0.1) is 0 Å². The van der Waals surface area contributed by atoms with Crippen LogP contribution in [0.2, 0.25) is 10.0 Å². The SMILES string of the molecule is CN(C)c1ccc(/C=C/C(=O)c2ccc(OCCN3CCOCC3)c(Cl)c2Cl)cc1. The van der Waals surface area contributed by atoms with E-state index in [2.05, 4.69) is 4.90 Å². The summed E-state index contributed by atoms with van der Waals surface area (Å²) in [6, 6.07) is 11.3. The summed E-state index contributed by atoms with van der Waals surface area (Å²) in [5, 5.41) is 0.464. The average Bonchev–Trinajstić information content (AvgIpc) is 2.76. The number of carbonyl (C=O) groups excluding carboxylic acids is 1. The zero-order valence-corrected chi connectivity index (χ0v) is 18.7. The number of hydrogen-bond donors (Lipinski definition) is 0. The Morgan fingerprint density at radius 1 is 1.10 bits per heavy atom. The first-order chi connectivity index (χ1) is 14.5. The lowest BCUT2D eigenvalue weighted by molar-refractivity contribution is 0.0322. The Morgan fingerprint density at radius 2 is 1.80 bits per heavy atom. The number of benzene rings is 2. The quantitative estimate of drug-likeness (QED) is 0.433. The van der Waals surface area contributed by atoms with Gasteiger partial charge in [-0.15, -0.1) is 0 Å². The molecule has 3 rings (SSSR count). The maximum absolute atomic E-state index is 12.6. The molecule has 0 bridgehead atoms. The third kappa shape index (κ3) is 5.99. The number of nitrogens with zero attached hydrogens (tertiary/aromatic N) is 2. The van der Waals surface area contributed by atoms with Gasteiger partial charge in [0.1, 0.15) is 17.4 Å². The molecule has 1 heterocycles. The molecular weight excluding hydrogens is 423 g/mol. The van der Waals surface area contributed by atoms with E-state index in [0.717, 1.165) is 44.1 Å². The standard InChI is InChI=1S/C23H26Cl2N2O3/c1-26(2)18-6-3-17(4-7-18)5-9-20(28)19-8-10-21(23(25)22(19)24)30-16-13-27-11-14-29-15-12-27/h3-10H,11-16H2,1-2H3/b9-5+. The molecular formula is C23H26Cl2N2O3. The summed E-state index contributed by atoms with van der Waals surface area (Å²) < 4.78 is 11.1. The molecule has 0 unspecified atom stereocenters. The van der Waals surface area contributed by atoms with E-state index in [0.29, 0.717) is 17.9 Å². The van der Waals surface area contributed by atoms with Crippen molar-refractivity contribution in [3.05, 3.63) is 63.6 Å². The predicted octanol–water partition coefficient (Wildman–Crippen LogP) is 4.67. The van der Waals surface area contributed by atoms with E-state index in [1.165, 1.54) is 6.08 Å². The number of allylic oxidation sites excluding steroid dienone is 1. The Bertz CT molecular complexity index is 892. The lowest BCUT2D eigenvalue weighted by atomic mass is 10.1. The smallest absolute Gasteiger partial charge is 0.187 e. The van der Waals surface area contributed by atoms with Crippen molar-refractivity contribution in [3.8, 4) is 5.75 Å². The van der Waals surface area contributed by atoms with Crippen LogP contribution in [0.5, 0.6) is 5.75 Å². The normalized spacial score (nSPS) is 14.8. The van der Waals surface area contributed by atoms with Crippen LogP contribution in [0.1, 0.15) is 15.9 Å². The Kier molecular flexibility index (Phi) is 8.16. The van der Waals surface area contributed by atoms with Crippen molar-refractivity contribution >= 4 is 40.7 Å². The summed E-state index contributed by atoms with van der Waals surface area (Å²) in [5.41, 5.74) is 2.38. The van der Waals surface area contributed by atoms with Crippen LogP contribution in [0.4, 0.5) is 5.69 Å². The summed E-state index contributed by atoms with van der Waals surface area (Å²) in [7, 11) is 3.96. The van der Waals surface area contributed by atoms with E-state index in [1.54, 1.807) is 18.2 Å². The molecule has 0 N–H and O–H groups in total. The zero-order valence-electron chi connectivity index (χ0n) is 17.2. The van der Waals surface area contributed by atoms with E-state index in [9.17, 15) is 4.79 Å². The second-order valence-corrected chi connectivity index (χ2v) is 7.98. The van der Waals surface area contributed by atoms with Crippen molar-refractivity contribution in [1.82, 2.24) is 4.90 Å². The topological polar surface area (TPSA) is 42.0 Å². The Balaban J connectivity index is 1.61. The van der Waals surface area contributed by atoms with Crippen LogP contribution in [0.25, 0.3) is 6.08 Å². The van der Waals surface area contributed by atoms with Gasteiger partial charge in [0.2, 0.25) is 0 Å². The molecule has 5 nitrogen and oxygen atoms in total. The first-order valence-electron chi connectivity index (χ1n) is 9.86. The van der Waals surface area contributed by atoms with Crippen molar-refractivity contribution in [2.24, 2.45) is 0 Å². The van der Waals surface area contributed by atoms with Gasteiger partial charge < -0.3 is 14.4 Å². The maximum Gasteiger partial charge on any atom is 0.187 e. The summed E-state index contributed by atoms with van der Waals surface area (Å²) >= 11 is 12.7. The van der Waals surface area contributed by atoms with Gasteiger partial charge in [-0.3, -0.25) is 9.69 Å². The number of hydrogen-bond acceptors (Lipinski definition) is 5. The summed E-state index contributed by atoms with van der Waals surface area (Å²) in [4.78, 5) is 16.9. The highest BCUT2D eigenvalue weighted by Gasteiger charge is 2.16. The van der Waals surface area contributed by atoms with Gasteiger partial charge in [0.05, 0.1) is 18.2 Å². The van der Waals surface area contributed by atoms with E-state index < -0.39 is 0 Å². The molecule has 0 spiro atoms. The van der Waals surface area contributed by atoms with Crippen molar-refractivity contribution in [2.75, 3.05) is 58.5 Å². The molecule has 2 aromatic rings. The molecule has 30 heavy (non-hydrogen) atoms. The van der Waals surface area contributed by atoms with Crippen LogP contribution < -0.4 is 9.64 Å². The molecule has 1 saturated heterocycles. The highest BCUT2D eigenvalue weighted by Crippen LogP contribution is 2.35. The van der Waals surface area contributed by atoms with Gasteiger partial charge in [0.25, 0.3) is 0 Å². The van der Waals surface area contributed by atoms with E-state index >= 15 is 0 Å². The highest BCUT2D eigenvalue weighted by molar-refractivity contribution is 6.45. The molecule has 7 heteroatoms. The van der Waals surface area contributed by atoms with Crippen molar-refractivity contribution in [3.63, 3.8) is 0 Å². The first kappa shape index (κ1) is 22.6. The average molecular weight is 449 g/mol. The van der Waals surface area contributed by atoms with E-state index in [1.807, 2.05) is 43.3 Å². The van der Waals surface area contributed by atoms with Crippen LogP contribution >= 0.6 is 23.2 Å². The molecule has 160 valence electrons. The number of rotatable bonds is 8. The second-order valence-electron chi connectivity index (χ2n) is 7.23. The van der Waals surface area contributed by atoms with Gasteiger partial charge in [-0.1, -0.05) is 41.4 Å². The van der Waals surface area contributed by atoms with Crippen LogP contribution in [-0.2, 0) is 4.74 Å². The summed E-state index contributed by atoms with van der Waals surface area (Å²) in [5.74, 6) is 0.271. The van der Waals surface area contributed by atoms with E-state index in [-0.39, 0.29) is 15.8 Å². The number of morpholine rings is 1. The van der Waals surface area contributed by atoms with Crippen LogP contribution in [0.3, 0.4) is 0 Å². The highest BCUT2D eigenvalue weighted by atomic mass is 35.5. The Morgan fingerprint density at radius 3 is 2.47 bits per heavy atom. The van der Waals surface area contributed by atoms with Gasteiger partial charge in [0.15, 0.2) is 5.78 Å². The molecule has 0 saturated carbocycles. The number of halogens is 2. The lowest BCUT2D eigenvalue weighted by Crippen LogP contribution is -2.38. The van der Waals surface area contributed by atoms with Crippen LogP contribution in [-0.4, -0.2) is 64.2 Å². The monoisotopic (exact) mass is 448 g/mol. The van der Waals surface area contributed by atoms with Gasteiger partial charge in [-0.05, 0) is 35.9 Å². The fourth-order valence-electron chi connectivity index (χ4n) is 3.09. The molecule has 0 amide bonds. The Hall–Kier alpha value is -2.05. The Labute approximate surface area is 187 Å². The fraction of sp³-hybridized carbons (Fsp3) is 0.348. The number of carbonyl (C=O) groups is 1. The number of ketones is 1. The molecule has 0 radical (unpaired) electrons. The number of anilines is 1. The summed E-state index contributed by atoms with van der Waals surface area (Å²) in [6.45, 7) is 4.57. The first-order valence-corrected chi connectivity index (χ1v) is 10.6. The minimum absolute atomic E-state index is 0.207. The van der Waals surface area contributed by atoms with Gasteiger partial charge in [-0.2, -0.15) is 0 Å². The minimum Gasteiger partial charge on any atom is -0.491 e. The minimum atomic E-state index is -0.210. The molecule has 0 atom stereocenters. The van der Waals surface area contributed by atoms with Gasteiger partial charge in [-0.25, -0.2) is 0 Å². The third-order valence-electron chi connectivity index (χ3n) is 4.92. The van der Waals surface area contributed by atoms with Crippen molar-refractivity contribution in [2.45, 2.75) is 0 Å². The summed E-state index contributed by atoms with van der Waals surface area (Å²) in [6.07, 6.45) is 3.26. The predicted molar refractivity (Wildman–Crippen MR) is 123 cm³/mol. The largest absolute Gasteiger partial charge is 0.491 e. The van der Waals surface area contributed by atoms with E-state index in [4.69, 9.17) is 32.7 Å². The fourth-order valence-corrected chi connectivity index (χ4v) is 3.56. The lowest BCUT2D eigenvalue weighted by Gasteiger charge is -2.26. The van der Waals surface area contributed by atoms with Gasteiger partial charge >= 0.3 is 0 Å². The maximum atomic E-state index is 12.6. The molecule has 1 aliphatic rings. The van der Waals surface area contributed by atoms with Crippen LogP contribution in [0.15, 0.2) is 42.5 Å².